The second-order valence-corrected chi connectivity index (χ2v) is 3.02. The molecule has 0 bridgehead atoms. The fraction of sp³-hybridized carbons (Fsp3) is 0.857. The van der Waals surface area contributed by atoms with E-state index in [9.17, 15) is 9.18 Å². The molecule has 12 heavy (non-hydrogen) atoms. The van der Waals surface area contributed by atoms with Crippen molar-refractivity contribution >= 4 is 18.4 Å². The summed E-state index contributed by atoms with van der Waals surface area (Å²) in [6.07, 6.45) is -0.00421. The SMILES string of the molecule is Cl.NC1CCC(F)CC1C(=O)O. The summed E-state index contributed by atoms with van der Waals surface area (Å²) in [6.45, 7) is 0. The number of hydrogen-bond acceptors (Lipinski definition) is 2. The van der Waals surface area contributed by atoms with E-state index < -0.39 is 18.1 Å². The van der Waals surface area contributed by atoms with Crippen LogP contribution in [0.3, 0.4) is 0 Å². The van der Waals surface area contributed by atoms with Gasteiger partial charge in [0.05, 0.1) is 5.92 Å². The molecule has 0 aromatic heterocycles. The van der Waals surface area contributed by atoms with Gasteiger partial charge in [-0.3, -0.25) is 4.79 Å². The van der Waals surface area contributed by atoms with Gasteiger partial charge >= 0.3 is 5.97 Å². The minimum absolute atomic E-state index is 0. The lowest BCUT2D eigenvalue weighted by Gasteiger charge is -2.27. The molecule has 0 aromatic rings. The largest absolute Gasteiger partial charge is 0.481 e. The number of carboxylic acids is 1. The molecule has 0 aromatic carbocycles. The minimum Gasteiger partial charge on any atom is -0.481 e. The molecule has 5 heteroatoms. The number of carbonyl (C=O) groups is 1. The third-order valence-electron chi connectivity index (χ3n) is 2.16. The summed E-state index contributed by atoms with van der Waals surface area (Å²) >= 11 is 0. The average Bonchev–Trinajstić information content (AvgIpc) is 1.94. The van der Waals surface area contributed by atoms with E-state index in [-0.39, 0.29) is 24.9 Å². The fourth-order valence-electron chi connectivity index (χ4n) is 1.43. The van der Waals surface area contributed by atoms with E-state index >= 15 is 0 Å². The van der Waals surface area contributed by atoms with E-state index in [0.29, 0.717) is 12.8 Å². The third kappa shape index (κ3) is 2.60. The normalized spacial score (nSPS) is 35.3. The molecule has 0 saturated heterocycles. The topological polar surface area (TPSA) is 63.3 Å². The van der Waals surface area contributed by atoms with E-state index in [1.54, 1.807) is 0 Å². The molecule has 1 rings (SSSR count). The second-order valence-electron chi connectivity index (χ2n) is 3.02. The molecule has 1 fully saturated rings. The van der Waals surface area contributed by atoms with Crippen LogP contribution in [0.1, 0.15) is 19.3 Å². The smallest absolute Gasteiger partial charge is 0.308 e. The molecule has 0 spiro atoms. The van der Waals surface area contributed by atoms with Crippen molar-refractivity contribution < 1.29 is 14.3 Å². The summed E-state index contributed by atoms with van der Waals surface area (Å²) in [4.78, 5) is 10.5. The molecule has 0 aliphatic heterocycles. The first-order valence-corrected chi connectivity index (χ1v) is 3.73. The van der Waals surface area contributed by atoms with Crippen molar-refractivity contribution in [1.82, 2.24) is 0 Å². The molecular weight excluding hydrogens is 185 g/mol. The highest BCUT2D eigenvalue weighted by molar-refractivity contribution is 5.85. The fourth-order valence-corrected chi connectivity index (χ4v) is 1.43. The summed E-state index contributed by atoms with van der Waals surface area (Å²) in [5.41, 5.74) is 5.49. The predicted octanol–water partition coefficient (Wildman–Crippen LogP) is 0.958. The van der Waals surface area contributed by atoms with Gasteiger partial charge in [0.25, 0.3) is 0 Å². The van der Waals surface area contributed by atoms with Gasteiger partial charge in [-0.1, -0.05) is 0 Å². The van der Waals surface area contributed by atoms with Crippen molar-refractivity contribution in [1.29, 1.82) is 0 Å². The Balaban J connectivity index is 0.00000121. The third-order valence-corrected chi connectivity index (χ3v) is 2.16. The zero-order valence-electron chi connectivity index (χ0n) is 6.57. The van der Waals surface area contributed by atoms with Gasteiger partial charge in [0.2, 0.25) is 0 Å². The van der Waals surface area contributed by atoms with Gasteiger partial charge in [-0.15, -0.1) is 12.4 Å². The van der Waals surface area contributed by atoms with Crippen LogP contribution in [0.4, 0.5) is 4.39 Å². The Morgan fingerprint density at radius 3 is 2.50 bits per heavy atom. The zero-order valence-corrected chi connectivity index (χ0v) is 7.39. The molecule has 1 aliphatic carbocycles. The standard InChI is InChI=1S/C7H12FNO2.ClH/c8-4-1-2-6(9)5(3-4)7(10)11;/h4-6H,1-3,9H2,(H,10,11);1H. The van der Waals surface area contributed by atoms with Crippen LogP contribution < -0.4 is 5.73 Å². The highest BCUT2D eigenvalue weighted by atomic mass is 35.5. The summed E-state index contributed by atoms with van der Waals surface area (Å²) in [6, 6.07) is -0.362. The van der Waals surface area contributed by atoms with Crippen molar-refractivity contribution in [3.63, 3.8) is 0 Å². The van der Waals surface area contributed by atoms with Crippen molar-refractivity contribution in [3.05, 3.63) is 0 Å². The van der Waals surface area contributed by atoms with Gasteiger partial charge in [0, 0.05) is 6.04 Å². The highest BCUT2D eigenvalue weighted by Gasteiger charge is 2.32. The maximum absolute atomic E-state index is 12.6. The van der Waals surface area contributed by atoms with Crippen LogP contribution in [-0.2, 0) is 4.79 Å². The quantitative estimate of drug-likeness (QED) is 0.658. The molecule has 1 saturated carbocycles. The molecule has 3 nitrogen and oxygen atoms in total. The van der Waals surface area contributed by atoms with Gasteiger partial charge in [-0.2, -0.15) is 0 Å². The van der Waals surface area contributed by atoms with E-state index in [1.807, 2.05) is 0 Å². The molecule has 0 amide bonds. The first kappa shape index (κ1) is 11.6. The van der Waals surface area contributed by atoms with Gasteiger partial charge < -0.3 is 10.8 Å². The molecule has 72 valence electrons. The lowest BCUT2D eigenvalue weighted by Crippen LogP contribution is -2.41. The number of hydrogen-bond donors (Lipinski definition) is 2. The maximum Gasteiger partial charge on any atom is 0.308 e. The van der Waals surface area contributed by atoms with Crippen molar-refractivity contribution in [2.45, 2.75) is 31.5 Å². The van der Waals surface area contributed by atoms with Crippen molar-refractivity contribution in [2.24, 2.45) is 11.7 Å². The predicted molar refractivity (Wildman–Crippen MR) is 45.1 cm³/mol. The zero-order chi connectivity index (χ0) is 8.43. The van der Waals surface area contributed by atoms with Crippen LogP contribution in [0, 0.1) is 5.92 Å². The van der Waals surface area contributed by atoms with Crippen molar-refractivity contribution in [2.75, 3.05) is 0 Å². The number of nitrogens with two attached hydrogens (primary N) is 1. The summed E-state index contributed by atoms with van der Waals surface area (Å²) in [5.74, 6) is -1.65. The van der Waals surface area contributed by atoms with Gasteiger partial charge in [0.15, 0.2) is 0 Å². The number of carboxylic acid groups (broad SMARTS) is 1. The Bertz CT molecular complexity index is 167. The van der Waals surface area contributed by atoms with E-state index in [1.165, 1.54) is 0 Å². The minimum atomic E-state index is -0.976. The summed E-state index contributed by atoms with van der Waals surface area (Å²) in [5, 5.41) is 8.58. The molecule has 0 radical (unpaired) electrons. The maximum atomic E-state index is 12.6. The van der Waals surface area contributed by atoms with Crippen molar-refractivity contribution in [3.8, 4) is 0 Å². The highest BCUT2D eigenvalue weighted by Crippen LogP contribution is 2.25. The molecular formula is C7H13ClFNO2. The summed E-state index contributed by atoms with van der Waals surface area (Å²) < 4.78 is 12.6. The van der Waals surface area contributed by atoms with Gasteiger partial charge in [0.1, 0.15) is 6.17 Å². The van der Waals surface area contributed by atoms with Gasteiger partial charge in [-0.05, 0) is 19.3 Å². The molecule has 3 atom stereocenters. The first-order valence-electron chi connectivity index (χ1n) is 3.73. The van der Waals surface area contributed by atoms with E-state index in [2.05, 4.69) is 0 Å². The van der Waals surface area contributed by atoms with Crippen LogP contribution in [0.15, 0.2) is 0 Å². The monoisotopic (exact) mass is 197 g/mol. The Morgan fingerprint density at radius 2 is 2.08 bits per heavy atom. The number of rotatable bonds is 1. The lowest BCUT2D eigenvalue weighted by atomic mass is 9.84. The van der Waals surface area contributed by atoms with Crippen LogP contribution in [-0.4, -0.2) is 23.3 Å². The Morgan fingerprint density at radius 1 is 1.50 bits per heavy atom. The number of aliphatic carboxylic acids is 1. The first-order chi connectivity index (χ1) is 5.11. The van der Waals surface area contributed by atoms with Crippen LogP contribution in [0.2, 0.25) is 0 Å². The van der Waals surface area contributed by atoms with Crippen LogP contribution in [0.5, 0.6) is 0 Å². The van der Waals surface area contributed by atoms with Crippen LogP contribution >= 0.6 is 12.4 Å². The summed E-state index contributed by atoms with van der Waals surface area (Å²) in [7, 11) is 0. The Hall–Kier alpha value is -0.350. The Labute approximate surface area is 76.5 Å². The lowest BCUT2D eigenvalue weighted by molar-refractivity contribution is -0.144. The average molecular weight is 198 g/mol. The van der Waals surface area contributed by atoms with Crippen LogP contribution in [0.25, 0.3) is 0 Å². The van der Waals surface area contributed by atoms with E-state index in [4.69, 9.17) is 10.8 Å². The molecule has 3 N–H and O–H groups in total. The molecule has 0 heterocycles. The van der Waals surface area contributed by atoms with E-state index in [0.717, 1.165) is 0 Å². The number of alkyl halides is 1. The van der Waals surface area contributed by atoms with Gasteiger partial charge in [-0.25, -0.2) is 4.39 Å². The number of halogens is 2. The molecule has 1 aliphatic rings. The molecule has 3 unspecified atom stereocenters. The Kier molecular flexibility index (Phi) is 4.49. The second kappa shape index (κ2) is 4.62.